The van der Waals surface area contributed by atoms with E-state index < -0.39 is 0 Å². The maximum atomic E-state index is 6.25. The topological polar surface area (TPSA) is 26.0 Å². The van der Waals surface area contributed by atoms with Gasteiger partial charge in [0.15, 0.2) is 0 Å². The number of nitrogens with two attached hydrogens (primary N) is 1. The third kappa shape index (κ3) is 2.43. The third-order valence-electron chi connectivity index (χ3n) is 3.52. The van der Waals surface area contributed by atoms with Crippen LogP contribution in [0, 0.1) is 12.8 Å². The molecule has 1 aliphatic carbocycles. The molecule has 1 atom stereocenters. The van der Waals surface area contributed by atoms with Crippen molar-refractivity contribution in [2.24, 2.45) is 11.7 Å². The monoisotopic (exact) mass is 267 g/mol. The summed E-state index contributed by atoms with van der Waals surface area (Å²) in [5, 5.41) is 0. The Bertz CT molecular complexity index is 344. The zero-order valence-corrected chi connectivity index (χ0v) is 10.8. The van der Waals surface area contributed by atoms with Crippen LogP contribution in [0.1, 0.15) is 42.9 Å². The van der Waals surface area contributed by atoms with Gasteiger partial charge in [-0.05, 0) is 36.5 Å². The molecular weight excluding hydrogens is 250 g/mol. The number of benzene rings is 1. The highest BCUT2D eigenvalue weighted by Gasteiger charge is 2.21. The van der Waals surface area contributed by atoms with Crippen LogP contribution in [0.5, 0.6) is 0 Å². The molecule has 0 saturated heterocycles. The Hall–Kier alpha value is -0.340. The van der Waals surface area contributed by atoms with Crippen molar-refractivity contribution in [3.8, 4) is 0 Å². The number of hydrogen-bond donors (Lipinski definition) is 1. The zero-order chi connectivity index (χ0) is 10.8. The van der Waals surface area contributed by atoms with E-state index in [0.29, 0.717) is 0 Å². The molecule has 0 aliphatic heterocycles. The molecule has 82 valence electrons. The highest BCUT2D eigenvalue weighted by molar-refractivity contribution is 9.10. The quantitative estimate of drug-likeness (QED) is 0.882. The molecule has 1 aliphatic rings. The second-order valence-corrected chi connectivity index (χ2v) is 5.45. The fourth-order valence-electron chi connectivity index (χ4n) is 2.24. The first kappa shape index (κ1) is 11.2. The van der Waals surface area contributed by atoms with Crippen LogP contribution in [0.3, 0.4) is 0 Å². The van der Waals surface area contributed by atoms with Crippen molar-refractivity contribution in [2.45, 2.75) is 38.6 Å². The highest BCUT2D eigenvalue weighted by atomic mass is 79.9. The van der Waals surface area contributed by atoms with E-state index in [1.165, 1.54) is 34.9 Å². The average Bonchev–Trinajstić information content (AvgIpc) is 2.15. The van der Waals surface area contributed by atoms with Gasteiger partial charge in [0, 0.05) is 10.5 Å². The number of hydrogen-bond acceptors (Lipinski definition) is 1. The van der Waals surface area contributed by atoms with Gasteiger partial charge in [-0.2, -0.15) is 0 Å². The largest absolute Gasteiger partial charge is 0.324 e. The summed E-state index contributed by atoms with van der Waals surface area (Å²) in [5.41, 5.74) is 8.85. The van der Waals surface area contributed by atoms with Gasteiger partial charge in [0.25, 0.3) is 0 Å². The van der Waals surface area contributed by atoms with Gasteiger partial charge in [-0.15, -0.1) is 0 Å². The van der Waals surface area contributed by atoms with Crippen molar-refractivity contribution in [2.75, 3.05) is 0 Å². The van der Waals surface area contributed by atoms with E-state index >= 15 is 0 Å². The predicted octanol–water partition coefficient (Wildman–Crippen LogP) is 3.95. The average molecular weight is 268 g/mol. The van der Waals surface area contributed by atoms with Gasteiger partial charge in [-0.25, -0.2) is 0 Å². The lowest BCUT2D eigenvalue weighted by Gasteiger charge is -2.28. The van der Waals surface area contributed by atoms with Crippen LogP contribution in [0.25, 0.3) is 0 Å². The normalized spacial score (nSPS) is 18.6. The first-order valence-corrected chi connectivity index (χ1v) is 6.48. The molecule has 2 N–H and O–H groups in total. The summed E-state index contributed by atoms with van der Waals surface area (Å²) in [7, 11) is 0. The van der Waals surface area contributed by atoms with E-state index in [1.807, 2.05) is 0 Å². The molecular formula is C13H18BrN. The Morgan fingerprint density at radius 1 is 1.47 bits per heavy atom. The van der Waals surface area contributed by atoms with Crippen LogP contribution in [-0.2, 0) is 0 Å². The van der Waals surface area contributed by atoms with E-state index in [-0.39, 0.29) is 6.04 Å². The number of halogens is 1. The molecule has 0 bridgehead atoms. The van der Waals surface area contributed by atoms with Crippen LogP contribution >= 0.6 is 15.9 Å². The molecule has 0 spiro atoms. The molecule has 0 aromatic heterocycles. The molecule has 1 unspecified atom stereocenters. The zero-order valence-electron chi connectivity index (χ0n) is 9.17. The van der Waals surface area contributed by atoms with Crippen LogP contribution in [0.2, 0.25) is 0 Å². The smallest absolute Gasteiger partial charge is 0.0300 e. The van der Waals surface area contributed by atoms with Crippen molar-refractivity contribution < 1.29 is 0 Å². The molecule has 1 aromatic rings. The van der Waals surface area contributed by atoms with E-state index in [4.69, 9.17) is 5.73 Å². The summed E-state index contributed by atoms with van der Waals surface area (Å²) in [6.45, 7) is 2.14. The minimum absolute atomic E-state index is 0.216. The maximum absolute atomic E-state index is 6.25. The van der Waals surface area contributed by atoms with Crippen LogP contribution in [0.15, 0.2) is 22.7 Å². The van der Waals surface area contributed by atoms with Gasteiger partial charge in [0.2, 0.25) is 0 Å². The number of rotatable bonds is 3. The van der Waals surface area contributed by atoms with E-state index in [9.17, 15) is 0 Å². The Kier molecular flexibility index (Phi) is 3.47. The lowest BCUT2D eigenvalue weighted by molar-refractivity contribution is 0.277. The molecule has 1 fully saturated rings. The molecule has 2 heteroatoms. The minimum atomic E-state index is 0.216. The van der Waals surface area contributed by atoms with Gasteiger partial charge >= 0.3 is 0 Å². The van der Waals surface area contributed by atoms with Crippen molar-refractivity contribution in [1.29, 1.82) is 0 Å². The van der Waals surface area contributed by atoms with E-state index in [0.717, 1.165) is 12.3 Å². The van der Waals surface area contributed by atoms with Crippen LogP contribution in [0.4, 0.5) is 0 Å². The summed E-state index contributed by atoms with van der Waals surface area (Å²) in [5.74, 6) is 0.874. The first-order valence-electron chi connectivity index (χ1n) is 5.69. The summed E-state index contributed by atoms with van der Waals surface area (Å²) >= 11 is 3.56. The van der Waals surface area contributed by atoms with Crippen LogP contribution in [-0.4, -0.2) is 0 Å². The molecule has 1 nitrogen and oxygen atoms in total. The fraction of sp³-hybridized carbons (Fsp3) is 0.538. The SMILES string of the molecule is Cc1c(Br)cccc1C(N)CC1CCC1. The second-order valence-electron chi connectivity index (χ2n) is 4.59. The standard InChI is InChI=1S/C13H18BrN/c1-9-11(6-3-7-12(9)14)13(15)8-10-4-2-5-10/h3,6-7,10,13H,2,4-5,8,15H2,1H3. The highest BCUT2D eigenvalue weighted by Crippen LogP contribution is 2.35. The maximum Gasteiger partial charge on any atom is 0.0300 e. The van der Waals surface area contributed by atoms with Crippen molar-refractivity contribution in [3.05, 3.63) is 33.8 Å². The molecule has 0 radical (unpaired) electrons. The van der Waals surface area contributed by atoms with E-state index in [2.05, 4.69) is 41.1 Å². The van der Waals surface area contributed by atoms with Gasteiger partial charge in [-0.1, -0.05) is 47.3 Å². The minimum Gasteiger partial charge on any atom is -0.324 e. The molecule has 0 amide bonds. The fourth-order valence-corrected chi connectivity index (χ4v) is 2.62. The predicted molar refractivity (Wildman–Crippen MR) is 67.8 cm³/mol. The molecule has 0 heterocycles. The van der Waals surface area contributed by atoms with Crippen LogP contribution < -0.4 is 5.73 Å². The summed E-state index contributed by atoms with van der Waals surface area (Å²) < 4.78 is 1.17. The van der Waals surface area contributed by atoms with Crippen molar-refractivity contribution in [3.63, 3.8) is 0 Å². The van der Waals surface area contributed by atoms with Gasteiger partial charge in [-0.3, -0.25) is 0 Å². The Morgan fingerprint density at radius 3 is 2.80 bits per heavy atom. The Morgan fingerprint density at radius 2 is 2.20 bits per heavy atom. The summed E-state index contributed by atoms with van der Waals surface area (Å²) in [6, 6.07) is 6.53. The third-order valence-corrected chi connectivity index (χ3v) is 4.38. The summed E-state index contributed by atoms with van der Waals surface area (Å²) in [6.07, 6.45) is 5.30. The summed E-state index contributed by atoms with van der Waals surface area (Å²) in [4.78, 5) is 0. The molecule has 1 aromatic carbocycles. The van der Waals surface area contributed by atoms with Gasteiger partial charge in [0.05, 0.1) is 0 Å². The Labute approximate surface area is 100 Å². The van der Waals surface area contributed by atoms with Crippen molar-refractivity contribution >= 4 is 15.9 Å². The molecule has 15 heavy (non-hydrogen) atoms. The second kappa shape index (κ2) is 4.67. The Balaban J connectivity index is 2.09. The lowest BCUT2D eigenvalue weighted by atomic mass is 9.79. The van der Waals surface area contributed by atoms with Gasteiger partial charge in [0.1, 0.15) is 0 Å². The van der Waals surface area contributed by atoms with E-state index in [1.54, 1.807) is 0 Å². The first-order chi connectivity index (χ1) is 7.18. The van der Waals surface area contributed by atoms with Crippen molar-refractivity contribution in [1.82, 2.24) is 0 Å². The molecule has 2 rings (SSSR count). The van der Waals surface area contributed by atoms with Gasteiger partial charge < -0.3 is 5.73 Å². The molecule has 1 saturated carbocycles. The lowest BCUT2D eigenvalue weighted by Crippen LogP contribution is -2.20.